The van der Waals surface area contributed by atoms with E-state index in [0.29, 0.717) is 76.3 Å². The largest absolute Gasteiger partial charge is 0.481 e. The van der Waals surface area contributed by atoms with Gasteiger partial charge in [-0.2, -0.15) is 0 Å². The minimum atomic E-state index is -1.53. The Morgan fingerprint density at radius 1 is 0.955 bits per heavy atom. The molecule has 16 heteroatoms. The zero-order chi connectivity index (χ0) is 49.3. The van der Waals surface area contributed by atoms with Crippen molar-refractivity contribution in [1.82, 2.24) is 20.2 Å². The molecule has 17 atom stereocenters. The highest BCUT2D eigenvalue weighted by Gasteiger charge is 2.63. The first-order chi connectivity index (χ1) is 31.5. The number of aromatic nitrogens is 2. The van der Waals surface area contributed by atoms with Crippen LogP contribution in [0.2, 0.25) is 0 Å². The van der Waals surface area contributed by atoms with Gasteiger partial charge in [-0.1, -0.05) is 61.1 Å². The number of aliphatic carboxylic acids is 1. The van der Waals surface area contributed by atoms with E-state index in [1.54, 1.807) is 31.6 Å². The molecule has 3 unspecified atom stereocenters. The average Bonchev–Trinajstić information content (AvgIpc) is 3.95. The molecule has 5 aliphatic rings. The number of carbonyl (C=O) groups is 4. The molecule has 5 N–H and O–H groups in total. The smallest absolute Gasteiger partial charge is 0.309 e. The van der Waals surface area contributed by atoms with Crippen molar-refractivity contribution in [1.29, 1.82) is 0 Å². The van der Waals surface area contributed by atoms with Gasteiger partial charge in [-0.05, 0) is 103 Å². The van der Waals surface area contributed by atoms with Crippen molar-refractivity contribution in [3.8, 4) is 0 Å². The third-order valence-electron chi connectivity index (χ3n) is 16.9. The number of ketones is 1. The highest BCUT2D eigenvalue weighted by molar-refractivity contribution is 6.35. The van der Waals surface area contributed by atoms with Crippen molar-refractivity contribution in [2.75, 3.05) is 6.54 Å². The quantitative estimate of drug-likeness (QED) is 0.0687. The molecule has 376 valence electrons. The Morgan fingerprint density at radius 3 is 2.30 bits per heavy atom. The van der Waals surface area contributed by atoms with Crippen molar-refractivity contribution in [2.45, 2.75) is 211 Å². The van der Waals surface area contributed by atoms with Crippen molar-refractivity contribution >= 4 is 23.6 Å². The molecule has 0 aromatic carbocycles. The Bertz CT molecular complexity index is 1960. The molecule has 4 saturated heterocycles. The summed E-state index contributed by atoms with van der Waals surface area (Å²) in [6.07, 6.45) is 10.9. The van der Waals surface area contributed by atoms with Crippen molar-refractivity contribution in [3.05, 3.63) is 43.0 Å². The summed E-state index contributed by atoms with van der Waals surface area (Å²) in [7, 11) is 0. The lowest BCUT2D eigenvalue weighted by Gasteiger charge is -2.54. The fourth-order valence-electron chi connectivity index (χ4n) is 11.7. The van der Waals surface area contributed by atoms with E-state index in [-0.39, 0.29) is 24.2 Å². The van der Waals surface area contributed by atoms with Gasteiger partial charge in [0.2, 0.25) is 0 Å². The molecule has 1 aromatic rings. The monoisotopic (exact) mass is 941 g/mol. The fraction of sp³-hybridized carbons (Fsp3) is 0.784. The molecule has 5 aliphatic heterocycles. The van der Waals surface area contributed by atoms with Crippen LogP contribution in [0.3, 0.4) is 0 Å². The zero-order valence-corrected chi connectivity index (χ0v) is 41.6. The predicted octanol–water partition coefficient (Wildman–Crippen LogP) is 6.03. The highest BCUT2D eigenvalue weighted by Crippen LogP contribution is 2.54. The molecular weight excluding hydrogens is 861 g/mol. The number of carboxylic acids is 1. The second kappa shape index (κ2) is 20.8. The molecule has 0 saturated carbocycles. The van der Waals surface area contributed by atoms with Crippen LogP contribution in [0.5, 0.6) is 0 Å². The molecule has 0 aliphatic carbocycles. The van der Waals surface area contributed by atoms with Crippen LogP contribution in [0.25, 0.3) is 0 Å². The second-order valence-corrected chi connectivity index (χ2v) is 21.0. The number of nitrogens with zero attached hydrogens (tertiary/aromatic N) is 2. The average molecular weight is 941 g/mol. The normalized spacial score (nSPS) is 38.8. The van der Waals surface area contributed by atoms with Gasteiger partial charge in [0.1, 0.15) is 11.8 Å². The van der Waals surface area contributed by atoms with Gasteiger partial charge in [0.25, 0.3) is 0 Å². The number of nitrogens with one attached hydrogen (secondary N) is 2. The maximum atomic E-state index is 14.8. The van der Waals surface area contributed by atoms with Crippen LogP contribution in [-0.4, -0.2) is 120 Å². The van der Waals surface area contributed by atoms with Crippen LogP contribution in [0, 0.1) is 35.5 Å². The van der Waals surface area contributed by atoms with E-state index in [1.165, 1.54) is 0 Å². The molecule has 6 heterocycles. The van der Waals surface area contributed by atoms with Crippen LogP contribution in [-0.2, 0) is 49.4 Å². The van der Waals surface area contributed by atoms with Crippen LogP contribution in [0.15, 0.2) is 43.0 Å². The molecule has 1 aromatic heterocycles. The number of Topliss-reactive ketones (excluding diaryl/α,β-unsaturated/α-hetero) is 1. The number of imidazole rings is 1. The topological polar surface area (TPSA) is 217 Å². The molecule has 2 spiro atoms. The molecule has 2 amide bonds. The standard InChI is InChI=1S/C51H80N4O12/c1-12-36(46(60)61)38-17-16-31(5)48(11,64-38)34(8)41(56)33(7)42(57)37(13-2)43-30(4)28-32(6)50(65-43)21-18-39(54-45(59)44(58)53-24-15-26-55-27-25-52-29-55)51(67-50)23-22-47(10,66-51)40-19-20-49(62,14-3)35(9)63-40/h18,21,25,27,29,31-41,43,56,62H,4,12-17,19-20,22-24,26,28H2,1-3,5-11H3,(H,53,58)(H,54,59)(H,60,61)/t31-,32+,33-,34-,35-,36+,37?,38+,39?,40+,41+,43-,47-,48?,49+,50-,51-/m0/s1. The van der Waals surface area contributed by atoms with Gasteiger partial charge < -0.3 is 54.2 Å². The molecular formula is C51H80N4O12. The van der Waals surface area contributed by atoms with E-state index in [9.17, 15) is 34.5 Å². The lowest BCUT2D eigenvalue weighted by atomic mass is 9.68. The SMILES string of the molecule is C=C1C[C@@H](C)[C@@]2(C=CC(NC(=O)C(=O)NCCCn3ccnc3)[C@]3(CC[C@@](C)([C@H]4CC[C@](O)(CC)[C@H](C)O4)O3)O2)O[C@@H]1C(CC)C(=O)[C@@H](C)[C@@H](O)[C@H](C)C1(C)O[C@@H]([C@@H](CC)C(=O)O)CC[C@@H]1C. The lowest BCUT2D eigenvalue weighted by molar-refractivity contribution is -0.388. The summed E-state index contributed by atoms with van der Waals surface area (Å²) >= 11 is 0. The Kier molecular flexibility index (Phi) is 16.4. The minimum Gasteiger partial charge on any atom is -0.481 e. The number of aliphatic hydroxyl groups excluding tert-OH is 1. The molecule has 0 radical (unpaired) electrons. The predicted molar refractivity (Wildman–Crippen MR) is 249 cm³/mol. The van der Waals surface area contributed by atoms with Gasteiger partial charge in [0.15, 0.2) is 11.6 Å². The van der Waals surface area contributed by atoms with Crippen LogP contribution >= 0.6 is 0 Å². The first-order valence-electron chi connectivity index (χ1n) is 25.0. The number of carboxylic acid groups (broad SMARTS) is 1. The van der Waals surface area contributed by atoms with Gasteiger partial charge in [-0.25, -0.2) is 4.98 Å². The van der Waals surface area contributed by atoms with Gasteiger partial charge in [0.05, 0.1) is 59.6 Å². The van der Waals surface area contributed by atoms with Gasteiger partial charge in [-0.15, -0.1) is 0 Å². The summed E-state index contributed by atoms with van der Waals surface area (Å²) in [5.74, 6) is -8.81. The summed E-state index contributed by atoms with van der Waals surface area (Å²) in [5, 5.41) is 38.9. The maximum absolute atomic E-state index is 14.8. The van der Waals surface area contributed by atoms with Crippen molar-refractivity contribution in [2.24, 2.45) is 35.5 Å². The van der Waals surface area contributed by atoms with Crippen LogP contribution in [0.4, 0.5) is 0 Å². The van der Waals surface area contributed by atoms with E-state index in [0.717, 1.165) is 6.42 Å². The van der Waals surface area contributed by atoms with E-state index in [2.05, 4.69) is 29.1 Å². The highest BCUT2D eigenvalue weighted by atomic mass is 16.8. The van der Waals surface area contributed by atoms with Crippen molar-refractivity contribution in [3.63, 3.8) is 0 Å². The summed E-state index contributed by atoms with van der Waals surface area (Å²) in [6.45, 7) is 24.4. The number of amides is 2. The number of aryl methyl sites for hydroxylation is 1. The van der Waals surface area contributed by atoms with Crippen LogP contribution < -0.4 is 10.6 Å². The van der Waals surface area contributed by atoms with E-state index < -0.39 is 106 Å². The number of hydrogen-bond donors (Lipinski definition) is 5. The summed E-state index contributed by atoms with van der Waals surface area (Å²) in [6, 6.07) is -0.925. The van der Waals surface area contributed by atoms with E-state index in [1.807, 2.05) is 66.2 Å². The minimum absolute atomic E-state index is 0.00274. The molecule has 0 bridgehead atoms. The number of rotatable bonds is 17. The number of hydrogen-bond acceptors (Lipinski definition) is 12. The van der Waals surface area contributed by atoms with Gasteiger partial charge in [-0.3, -0.25) is 19.2 Å². The molecule has 16 nitrogen and oxygen atoms in total. The summed E-state index contributed by atoms with van der Waals surface area (Å²) < 4.78 is 36.4. The number of aliphatic hydroxyl groups is 2. The Hall–Kier alpha value is -3.51. The maximum Gasteiger partial charge on any atom is 0.309 e. The van der Waals surface area contributed by atoms with E-state index >= 15 is 0 Å². The third-order valence-corrected chi connectivity index (χ3v) is 16.9. The number of ether oxygens (including phenoxy) is 5. The molecule has 4 fully saturated rings. The van der Waals surface area contributed by atoms with Gasteiger partial charge >= 0.3 is 17.8 Å². The van der Waals surface area contributed by atoms with Crippen molar-refractivity contribution < 1.29 is 58.2 Å². The Labute approximate surface area is 397 Å². The second-order valence-electron chi connectivity index (χ2n) is 21.0. The summed E-state index contributed by atoms with van der Waals surface area (Å²) in [5.41, 5.74) is -2.06. The number of carbonyl (C=O) groups excluding carboxylic acids is 3. The van der Waals surface area contributed by atoms with Gasteiger partial charge in [0, 0.05) is 55.6 Å². The summed E-state index contributed by atoms with van der Waals surface area (Å²) in [4.78, 5) is 57.8. The molecule has 67 heavy (non-hydrogen) atoms. The Balaban J connectivity index is 1.23. The molecule has 6 rings (SSSR count). The third kappa shape index (κ3) is 10.5. The first-order valence-corrected chi connectivity index (χ1v) is 25.0. The van der Waals surface area contributed by atoms with E-state index in [4.69, 9.17) is 23.7 Å². The fourth-order valence-corrected chi connectivity index (χ4v) is 11.7. The lowest BCUT2D eigenvalue weighted by Crippen LogP contribution is -2.66. The zero-order valence-electron chi connectivity index (χ0n) is 41.6. The first kappa shape index (κ1) is 52.9. The Morgan fingerprint density at radius 2 is 1.67 bits per heavy atom. The van der Waals surface area contributed by atoms with Crippen LogP contribution in [0.1, 0.15) is 140 Å².